The number of benzene rings is 1. The van der Waals surface area contributed by atoms with Crippen molar-refractivity contribution in [1.82, 2.24) is 15.2 Å². The first-order valence-corrected chi connectivity index (χ1v) is 4.23. The second kappa shape index (κ2) is 3.49. The van der Waals surface area contributed by atoms with Crippen molar-refractivity contribution < 1.29 is 9.84 Å². The van der Waals surface area contributed by atoms with Gasteiger partial charge >= 0.3 is 5.69 Å². The zero-order valence-corrected chi connectivity index (χ0v) is 7.94. The monoisotopic (exact) mass is 207 g/mol. The maximum absolute atomic E-state index is 10.8. The zero-order valence-electron chi connectivity index (χ0n) is 7.94. The molecule has 78 valence electrons. The Morgan fingerprint density at radius 2 is 2.27 bits per heavy atom. The first-order valence-electron chi connectivity index (χ1n) is 4.23. The van der Waals surface area contributed by atoms with Crippen molar-refractivity contribution in [3.05, 3.63) is 28.7 Å². The number of methoxy groups -OCH3 is 1. The van der Waals surface area contributed by atoms with Gasteiger partial charge in [0.05, 0.1) is 7.11 Å². The highest BCUT2D eigenvalue weighted by molar-refractivity contribution is 5.60. The number of nitrogens with zero attached hydrogens (tertiary/aromatic N) is 1. The summed E-state index contributed by atoms with van der Waals surface area (Å²) in [5.41, 5.74) is 0.278. The molecule has 3 N–H and O–H groups in total. The van der Waals surface area contributed by atoms with Crippen LogP contribution in [-0.4, -0.2) is 27.4 Å². The topological polar surface area (TPSA) is 91.0 Å². The molecule has 0 saturated heterocycles. The molecule has 0 aliphatic carbocycles. The van der Waals surface area contributed by atoms with Crippen LogP contribution in [0, 0.1) is 0 Å². The smallest absolute Gasteiger partial charge is 0.340 e. The molecule has 0 bridgehead atoms. The summed E-state index contributed by atoms with van der Waals surface area (Å²) in [7, 11) is 1.45. The van der Waals surface area contributed by atoms with Crippen molar-refractivity contribution >= 4 is 0 Å². The molecule has 0 atom stereocenters. The highest BCUT2D eigenvalue weighted by Crippen LogP contribution is 2.29. The lowest BCUT2D eigenvalue weighted by molar-refractivity contribution is 0.373. The van der Waals surface area contributed by atoms with Gasteiger partial charge in [0.25, 0.3) is 0 Å². The molecule has 2 rings (SSSR count). The van der Waals surface area contributed by atoms with E-state index < -0.39 is 0 Å². The van der Waals surface area contributed by atoms with E-state index in [1.807, 2.05) is 0 Å². The molecule has 0 amide bonds. The van der Waals surface area contributed by atoms with Crippen LogP contribution in [-0.2, 0) is 0 Å². The second-order valence-electron chi connectivity index (χ2n) is 2.91. The molecule has 2 aromatic rings. The van der Waals surface area contributed by atoms with E-state index in [0.29, 0.717) is 17.1 Å². The number of aromatic amines is 2. The van der Waals surface area contributed by atoms with E-state index in [9.17, 15) is 9.90 Å². The number of rotatable bonds is 2. The molecular weight excluding hydrogens is 198 g/mol. The van der Waals surface area contributed by atoms with E-state index in [4.69, 9.17) is 4.74 Å². The van der Waals surface area contributed by atoms with Crippen LogP contribution in [0.15, 0.2) is 23.0 Å². The number of phenolic OH excluding ortho intramolecular Hbond substituents is 1. The van der Waals surface area contributed by atoms with Crippen molar-refractivity contribution in [2.45, 2.75) is 0 Å². The van der Waals surface area contributed by atoms with Crippen molar-refractivity contribution in [3.8, 4) is 22.9 Å². The van der Waals surface area contributed by atoms with E-state index in [1.165, 1.54) is 13.2 Å². The number of nitrogens with one attached hydrogen (secondary N) is 2. The Bertz CT molecular complexity index is 529. The Morgan fingerprint density at radius 1 is 1.47 bits per heavy atom. The maximum Gasteiger partial charge on any atom is 0.340 e. The van der Waals surface area contributed by atoms with Crippen molar-refractivity contribution in [3.63, 3.8) is 0 Å². The lowest BCUT2D eigenvalue weighted by atomic mass is 10.2. The minimum absolute atomic E-state index is 0.0409. The van der Waals surface area contributed by atoms with Gasteiger partial charge in [0, 0.05) is 5.56 Å². The van der Waals surface area contributed by atoms with E-state index >= 15 is 0 Å². The van der Waals surface area contributed by atoms with E-state index in [1.54, 1.807) is 12.1 Å². The number of H-pyrrole nitrogens is 2. The largest absolute Gasteiger partial charge is 0.504 e. The fourth-order valence-electron chi connectivity index (χ4n) is 1.23. The molecule has 1 aromatic heterocycles. The molecule has 0 saturated carbocycles. The van der Waals surface area contributed by atoms with Gasteiger partial charge in [0.2, 0.25) is 0 Å². The molecular formula is C9H9N3O3. The first kappa shape index (κ1) is 9.32. The number of hydrogen-bond donors (Lipinski definition) is 3. The van der Waals surface area contributed by atoms with Gasteiger partial charge in [-0.25, -0.2) is 9.89 Å². The predicted octanol–water partition coefficient (Wildman–Crippen LogP) is 0.479. The van der Waals surface area contributed by atoms with Gasteiger partial charge in [-0.1, -0.05) is 0 Å². The van der Waals surface area contributed by atoms with Gasteiger partial charge in [0.15, 0.2) is 17.3 Å². The van der Waals surface area contributed by atoms with Crippen LogP contribution < -0.4 is 10.4 Å². The van der Waals surface area contributed by atoms with Crippen molar-refractivity contribution in [2.24, 2.45) is 0 Å². The molecule has 15 heavy (non-hydrogen) atoms. The lowest BCUT2D eigenvalue weighted by Crippen LogP contribution is -2.00. The van der Waals surface area contributed by atoms with Crippen LogP contribution in [0.1, 0.15) is 0 Å². The highest BCUT2D eigenvalue weighted by Gasteiger charge is 2.06. The molecule has 6 heteroatoms. The van der Waals surface area contributed by atoms with Crippen LogP contribution in [0.5, 0.6) is 11.5 Å². The van der Waals surface area contributed by atoms with Gasteiger partial charge in [0.1, 0.15) is 0 Å². The predicted molar refractivity (Wildman–Crippen MR) is 52.9 cm³/mol. The molecule has 1 aromatic carbocycles. The van der Waals surface area contributed by atoms with Gasteiger partial charge in [-0.05, 0) is 18.2 Å². The minimum Gasteiger partial charge on any atom is -0.504 e. The normalized spacial score (nSPS) is 10.2. The average Bonchev–Trinajstić information content (AvgIpc) is 2.66. The fourth-order valence-corrected chi connectivity index (χ4v) is 1.23. The summed E-state index contributed by atoms with van der Waals surface area (Å²) in [6, 6.07) is 4.69. The van der Waals surface area contributed by atoms with E-state index in [-0.39, 0.29) is 11.4 Å². The molecule has 1 heterocycles. The van der Waals surface area contributed by atoms with Crippen LogP contribution in [0.3, 0.4) is 0 Å². The standard InChI is InChI=1S/C9H9N3O3/c1-15-7-4-5(2-3-6(7)13)8-10-9(14)12-11-8/h2-4,13H,1H3,(H2,10,11,12,14). The third-order valence-electron chi connectivity index (χ3n) is 1.95. The summed E-state index contributed by atoms with van der Waals surface area (Å²) in [5.74, 6) is 0.772. The summed E-state index contributed by atoms with van der Waals surface area (Å²) in [6.07, 6.45) is 0. The summed E-state index contributed by atoms with van der Waals surface area (Å²) in [6.45, 7) is 0. The fraction of sp³-hybridized carbons (Fsp3) is 0.111. The molecule has 0 aliphatic rings. The molecule has 0 fully saturated rings. The molecule has 0 spiro atoms. The van der Waals surface area contributed by atoms with Crippen molar-refractivity contribution in [2.75, 3.05) is 7.11 Å². The maximum atomic E-state index is 10.8. The summed E-state index contributed by atoms with van der Waals surface area (Å²) in [5, 5.41) is 15.4. The van der Waals surface area contributed by atoms with Crippen LogP contribution in [0.25, 0.3) is 11.4 Å². The Labute approximate surface area is 84.5 Å². The number of ether oxygens (including phenoxy) is 1. The van der Waals surface area contributed by atoms with E-state index in [0.717, 1.165) is 0 Å². The number of aromatic hydroxyl groups is 1. The first-order chi connectivity index (χ1) is 7.20. The second-order valence-corrected chi connectivity index (χ2v) is 2.91. The van der Waals surface area contributed by atoms with Gasteiger partial charge in [-0.2, -0.15) is 5.10 Å². The Balaban J connectivity index is 2.50. The van der Waals surface area contributed by atoms with Gasteiger partial charge in [-0.3, -0.25) is 4.98 Å². The van der Waals surface area contributed by atoms with Crippen LogP contribution >= 0.6 is 0 Å². The van der Waals surface area contributed by atoms with Crippen LogP contribution in [0.4, 0.5) is 0 Å². The van der Waals surface area contributed by atoms with Crippen molar-refractivity contribution in [1.29, 1.82) is 0 Å². The summed E-state index contributed by atoms with van der Waals surface area (Å²) >= 11 is 0. The zero-order chi connectivity index (χ0) is 10.8. The third kappa shape index (κ3) is 1.69. The Hall–Kier alpha value is -2.24. The highest BCUT2D eigenvalue weighted by atomic mass is 16.5. The molecule has 0 unspecified atom stereocenters. The molecule has 0 radical (unpaired) electrons. The number of phenols is 1. The molecule has 6 nitrogen and oxygen atoms in total. The van der Waals surface area contributed by atoms with Gasteiger partial charge < -0.3 is 9.84 Å². The van der Waals surface area contributed by atoms with E-state index in [2.05, 4.69) is 15.2 Å². The average molecular weight is 207 g/mol. The van der Waals surface area contributed by atoms with Gasteiger partial charge in [-0.15, -0.1) is 0 Å². The van der Waals surface area contributed by atoms with Crippen LogP contribution in [0.2, 0.25) is 0 Å². The quantitative estimate of drug-likeness (QED) is 0.667. The summed E-state index contributed by atoms with van der Waals surface area (Å²) in [4.78, 5) is 13.3. The Kier molecular flexibility index (Phi) is 2.17. The number of aromatic nitrogens is 3. The molecule has 0 aliphatic heterocycles. The summed E-state index contributed by atoms with van der Waals surface area (Å²) < 4.78 is 4.93. The SMILES string of the molecule is COc1cc(-c2n[nH]c(=O)[nH]2)ccc1O. The third-order valence-corrected chi connectivity index (χ3v) is 1.95. The lowest BCUT2D eigenvalue weighted by Gasteiger charge is -2.03. The number of hydrogen-bond acceptors (Lipinski definition) is 4. The minimum atomic E-state index is -0.378. The Morgan fingerprint density at radius 3 is 2.87 bits per heavy atom.